The van der Waals surface area contributed by atoms with Gasteiger partial charge in [0.05, 0.1) is 11.3 Å². The zero-order chi connectivity index (χ0) is 36.3. The van der Waals surface area contributed by atoms with Crippen molar-refractivity contribution in [1.82, 2.24) is 15.0 Å². The predicted octanol–water partition coefficient (Wildman–Crippen LogP) is 11.5. The van der Waals surface area contributed by atoms with E-state index in [1.807, 2.05) is 48.7 Å². The molecule has 4 nitrogen and oxygen atoms in total. The number of pyridine rings is 3. The molecule has 0 saturated heterocycles. The molecule has 7 aromatic rings. The second-order valence-electron chi connectivity index (χ2n) is 15.9. The topological polar surface area (TPSA) is 51.8 Å². The standard InChI is InChI=1S/C27H22FN2O.C18H24GeN.Ir/c1-27(2,3)16-17-13-14-29-24(15-17)22-6-4-5-20-21-11-12-23(30-26(21)31-25(20)22)18-7-9-19(28)10-8-18;1-14(2)11-16-12-18(15-9-7-6-8-10-15)20-13-17(16)19(3,4)5;/h4-5,7-15H,16H2,1-3H3;6-9,12-14H,11H2,1-5H3;/q2*-1;. The quantitative estimate of drug-likeness (QED) is 0.118. The Morgan fingerprint density at radius 2 is 1.58 bits per heavy atom. The van der Waals surface area contributed by atoms with Gasteiger partial charge in [-0.25, -0.2) is 9.37 Å². The van der Waals surface area contributed by atoms with Crippen LogP contribution < -0.4 is 4.40 Å². The molecule has 7 heteroatoms. The molecule has 52 heavy (non-hydrogen) atoms. The van der Waals surface area contributed by atoms with Crippen LogP contribution in [0, 0.1) is 29.3 Å². The van der Waals surface area contributed by atoms with Crippen molar-refractivity contribution < 1.29 is 28.9 Å². The van der Waals surface area contributed by atoms with Gasteiger partial charge in [0.1, 0.15) is 5.82 Å². The maximum Gasteiger partial charge on any atom is 0 e. The number of furan rings is 1. The summed E-state index contributed by atoms with van der Waals surface area (Å²) < 4.78 is 21.0. The summed E-state index contributed by atoms with van der Waals surface area (Å²) in [7, 11) is 0. The van der Waals surface area contributed by atoms with E-state index in [1.165, 1.54) is 23.3 Å². The van der Waals surface area contributed by atoms with Crippen LogP contribution in [-0.4, -0.2) is 28.2 Å². The number of benzene rings is 3. The third-order valence-electron chi connectivity index (χ3n) is 8.66. The van der Waals surface area contributed by atoms with Gasteiger partial charge in [-0.3, -0.25) is 0 Å². The molecule has 0 spiro atoms. The second-order valence-corrected chi connectivity index (χ2v) is 26.5. The Morgan fingerprint density at radius 1 is 0.808 bits per heavy atom. The number of nitrogens with zero attached hydrogens (tertiary/aromatic N) is 3. The number of rotatable bonds is 7. The summed E-state index contributed by atoms with van der Waals surface area (Å²) in [6, 6.07) is 35.3. The molecule has 7 rings (SSSR count). The van der Waals surface area contributed by atoms with Crippen LogP contribution in [0.15, 0.2) is 108 Å². The molecular weight excluding hydrogens is 882 g/mol. The van der Waals surface area contributed by atoms with E-state index in [0.29, 0.717) is 11.6 Å². The summed E-state index contributed by atoms with van der Waals surface area (Å²) in [5.74, 6) is 7.72. The van der Waals surface area contributed by atoms with Crippen molar-refractivity contribution in [1.29, 1.82) is 0 Å². The van der Waals surface area contributed by atoms with Crippen molar-refractivity contribution in [2.75, 3.05) is 0 Å². The van der Waals surface area contributed by atoms with E-state index >= 15 is 0 Å². The number of hydrogen-bond acceptors (Lipinski definition) is 4. The summed E-state index contributed by atoms with van der Waals surface area (Å²) in [6.45, 7) is 11.2. The minimum absolute atomic E-state index is 0. The molecule has 0 saturated carbocycles. The molecule has 0 fully saturated rings. The summed E-state index contributed by atoms with van der Waals surface area (Å²) in [6.07, 6.45) is 6.08. The van der Waals surface area contributed by atoms with Crippen LogP contribution in [0.2, 0.25) is 17.3 Å². The van der Waals surface area contributed by atoms with Crippen LogP contribution in [0.1, 0.15) is 45.7 Å². The Kier molecular flexibility index (Phi) is 12.4. The Bertz CT molecular complexity index is 2270. The first kappa shape index (κ1) is 39.2. The third kappa shape index (κ3) is 9.52. The minimum atomic E-state index is -1.86. The van der Waals surface area contributed by atoms with Gasteiger partial charge in [0.25, 0.3) is 0 Å². The average Bonchev–Trinajstić information content (AvgIpc) is 3.46. The van der Waals surface area contributed by atoms with Crippen molar-refractivity contribution in [2.24, 2.45) is 11.3 Å². The normalized spacial score (nSPS) is 11.7. The van der Waals surface area contributed by atoms with Crippen LogP contribution in [0.4, 0.5) is 4.39 Å². The van der Waals surface area contributed by atoms with E-state index in [-0.39, 0.29) is 31.3 Å². The van der Waals surface area contributed by atoms with Crippen molar-refractivity contribution >= 4 is 39.7 Å². The molecule has 0 aliphatic heterocycles. The summed E-state index contributed by atoms with van der Waals surface area (Å²) >= 11 is -1.86. The molecule has 0 unspecified atom stereocenters. The molecule has 4 heterocycles. The van der Waals surface area contributed by atoms with Gasteiger partial charge in [0, 0.05) is 37.3 Å². The monoisotopic (exact) mass is 930 g/mol. The number of fused-ring (bicyclic) bond motifs is 3. The Labute approximate surface area is 324 Å². The maximum atomic E-state index is 13.3. The summed E-state index contributed by atoms with van der Waals surface area (Å²) in [5, 5.41) is 1.91. The van der Waals surface area contributed by atoms with Crippen LogP contribution in [0.5, 0.6) is 0 Å². The molecule has 0 aliphatic carbocycles. The van der Waals surface area contributed by atoms with Crippen molar-refractivity contribution in [3.8, 4) is 33.8 Å². The third-order valence-corrected chi connectivity index (χ3v) is 13.0. The number of aromatic nitrogens is 3. The zero-order valence-electron chi connectivity index (χ0n) is 31.3. The molecule has 3 aromatic carbocycles. The van der Waals surface area contributed by atoms with Gasteiger partial charge >= 0.3 is 126 Å². The molecule has 0 aliphatic rings. The van der Waals surface area contributed by atoms with E-state index in [4.69, 9.17) is 9.40 Å². The largest absolute Gasteiger partial charge is 0 e. The summed E-state index contributed by atoms with van der Waals surface area (Å²) in [5.41, 5.74) is 9.57. The van der Waals surface area contributed by atoms with Gasteiger partial charge in [0.15, 0.2) is 0 Å². The Morgan fingerprint density at radius 3 is 2.25 bits per heavy atom. The molecule has 0 bridgehead atoms. The van der Waals surface area contributed by atoms with Gasteiger partial charge in [-0.2, -0.15) is 0 Å². The molecule has 1 radical (unpaired) electrons. The van der Waals surface area contributed by atoms with E-state index in [1.54, 1.807) is 16.5 Å². The van der Waals surface area contributed by atoms with Crippen molar-refractivity contribution in [3.05, 3.63) is 132 Å². The maximum absolute atomic E-state index is 13.3. The van der Waals surface area contributed by atoms with Gasteiger partial charge in [-0.15, -0.1) is 18.2 Å². The van der Waals surface area contributed by atoms with E-state index in [9.17, 15) is 4.39 Å². The first-order chi connectivity index (χ1) is 24.2. The summed E-state index contributed by atoms with van der Waals surface area (Å²) in [4.78, 5) is 14.0. The van der Waals surface area contributed by atoms with Crippen LogP contribution in [0.3, 0.4) is 0 Å². The van der Waals surface area contributed by atoms with Crippen LogP contribution >= 0.6 is 0 Å². The molecule has 0 atom stereocenters. The molecule has 269 valence electrons. The van der Waals surface area contributed by atoms with E-state index in [2.05, 4.69) is 104 Å². The van der Waals surface area contributed by atoms with Crippen molar-refractivity contribution in [3.63, 3.8) is 0 Å². The zero-order valence-corrected chi connectivity index (χ0v) is 35.8. The minimum Gasteiger partial charge on any atom is 0 e. The fraction of sp³-hybridized carbons (Fsp3) is 0.267. The Balaban J connectivity index is 0.000000217. The van der Waals surface area contributed by atoms with Gasteiger partial charge in [0.2, 0.25) is 5.71 Å². The van der Waals surface area contributed by atoms with Gasteiger partial charge in [-0.1, -0.05) is 43.4 Å². The van der Waals surface area contributed by atoms with Crippen LogP contribution in [-0.2, 0) is 32.9 Å². The van der Waals surface area contributed by atoms with Crippen molar-refractivity contribution in [2.45, 2.75) is 64.7 Å². The van der Waals surface area contributed by atoms with E-state index < -0.39 is 13.3 Å². The van der Waals surface area contributed by atoms with Gasteiger partial charge < -0.3 is 9.40 Å². The van der Waals surface area contributed by atoms with E-state index in [0.717, 1.165) is 63.0 Å². The fourth-order valence-corrected chi connectivity index (χ4v) is 9.74. The molecular formula is C45H46FGeIrN3O-2. The first-order valence-corrected chi connectivity index (χ1v) is 25.0. The fourth-order valence-electron chi connectivity index (χ4n) is 6.41. The predicted molar refractivity (Wildman–Crippen MR) is 212 cm³/mol. The molecule has 4 aromatic heterocycles. The SMILES string of the molecule is CC(C)(C)Cc1ccnc(-c2[c-]ccc3c2oc2nc(-c4ccc(F)cc4)ccc23)c1.CC(C)Cc1cc(-c2[c-]cccc2)nc[c]1[Ge]([CH3])([CH3])[CH3].[Ir]. The van der Waals surface area contributed by atoms with Gasteiger partial charge in [-0.05, 0) is 60.0 Å². The number of halogens is 1. The average molecular weight is 929 g/mol. The van der Waals surface area contributed by atoms with Crippen LogP contribution in [0.25, 0.3) is 55.8 Å². The first-order valence-electron chi connectivity index (χ1n) is 17.7. The number of hydrogen-bond donors (Lipinski definition) is 0. The molecule has 0 amide bonds. The molecule has 0 N–H and O–H groups in total. The Hall–Kier alpha value is -3.97. The second kappa shape index (κ2) is 16.4. The smallest absolute Gasteiger partial charge is 0 e.